The number of amides is 1. The van der Waals surface area contributed by atoms with Gasteiger partial charge in [0.15, 0.2) is 4.34 Å². The Morgan fingerprint density at radius 1 is 1.11 bits per heavy atom. The second kappa shape index (κ2) is 8.81. The number of nitrogens with zero attached hydrogens (tertiary/aromatic N) is 3. The van der Waals surface area contributed by atoms with E-state index >= 15 is 0 Å². The topological polar surface area (TPSA) is 58.1 Å². The Kier molecular flexibility index (Phi) is 5.99. The maximum Gasteiger partial charge on any atom is 0.227 e. The van der Waals surface area contributed by atoms with E-state index in [1.165, 1.54) is 21.1 Å². The average molecular weight is 427 g/mol. The van der Waals surface area contributed by atoms with Gasteiger partial charge in [0.05, 0.1) is 11.4 Å². The molecular formula is C20H18N4OS3. The van der Waals surface area contributed by atoms with Gasteiger partial charge in [-0.05, 0) is 24.3 Å². The van der Waals surface area contributed by atoms with Gasteiger partial charge in [0.25, 0.3) is 0 Å². The number of hydrogen-bond acceptors (Lipinski definition) is 7. The summed E-state index contributed by atoms with van der Waals surface area (Å²) in [6, 6.07) is 16.6. The molecule has 0 saturated heterocycles. The van der Waals surface area contributed by atoms with Crippen LogP contribution < -0.4 is 10.2 Å². The molecule has 8 heteroatoms. The standard InChI is InChI=1S/C20H18N4OS3/c1-2-13-26-20-23-22-19(28-20)21-18(25)11-12-24-14-7-3-5-9-16(14)27-17-10-6-4-8-15(17)24/h2-10H,1,11-13H2,(H,21,22,25). The van der Waals surface area contributed by atoms with Crippen LogP contribution in [0.1, 0.15) is 6.42 Å². The summed E-state index contributed by atoms with van der Waals surface area (Å²) in [6.45, 7) is 4.29. The Labute approximate surface area is 176 Å². The molecule has 1 aromatic heterocycles. The Morgan fingerprint density at radius 3 is 2.46 bits per heavy atom. The Bertz CT molecular complexity index is 959. The highest BCUT2D eigenvalue weighted by Gasteiger charge is 2.23. The molecule has 0 radical (unpaired) electrons. The van der Waals surface area contributed by atoms with Gasteiger partial charge < -0.3 is 10.2 Å². The van der Waals surface area contributed by atoms with Crippen LogP contribution in [0.3, 0.4) is 0 Å². The second-order valence-corrected chi connectivity index (χ2v) is 9.29. The third kappa shape index (κ3) is 4.24. The molecule has 5 nitrogen and oxygen atoms in total. The van der Waals surface area contributed by atoms with Crippen LogP contribution in [-0.4, -0.2) is 28.4 Å². The van der Waals surface area contributed by atoms with E-state index in [-0.39, 0.29) is 5.91 Å². The lowest BCUT2D eigenvalue weighted by Gasteiger charge is -2.32. The molecule has 1 N–H and O–H groups in total. The fourth-order valence-corrected chi connectivity index (χ4v) is 5.49. The van der Waals surface area contributed by atoms with E-state index in [0.29, 0.717) is 18.1 Å². The predicted octanol–water partition coefficient (Wildman–Crippen LogP) is 5.45. The van der Waals surface area contributed by atoms with Crippen LogP contribution in [0.2, 0.25) is 0 Å². The predicted molar refractivity (Wildman–Crippen MR) is 118 cm³/mol. The van der Waals surface area contributed by atoms with Crippen LogP contribution in [0.4, 0.5) is 16.5 Å². The molecule has 28 heavy (non-hydrogen) atoms. The largest absolute Gasteiger partial charge is 0.339 e. The Hall–Kier alpha value is -2.29. The number of thioether (sulfide) groups is 1. The summed E-state index contributed by atoms with van der Waals surface area (Å²) in [7, 11) is 0. The number of fused-ring (bicyclic) bond motifs is 2. The monoisotopic (exact) mass is 426 g/mol. The fraction of sp³-hybridized carbons (Fsp3) is 0.150. The summed E-state index contributed by atoms with van der Waals surface area (Å²) >= 11 is 4.70. The van der Waals surface area contributed by atoms with Gasteiger partial charge in [-0.25, -0.2) is 0 Å². The van der Waals surface area contributed by atoms with Gasteiger partial charge in [0, 0.05) is 28.5 Å². The van der Waals surface area contributed by atoms with Crippen molar-refractivity contribution in [1.82, 2.24) is 10.2 Å². The Balaban J connectivity index is 1.44. The van der Waals surface area contributed by atoms with Gasteiger partial charge in [0.1, 0.15) is 0 Å². The van der Waals surface area contributed by atoms with Gasteiger partial charge in [0.2, 0.25) is 11.0 Å². The number of benzene rings is 2. The van der Waals surface area contributed by atoms with Crippen molar-refractivity contribution in [3.63, 3.8) is 0 Å². The molecule has 0 bridgehead atoms. The summed E-state index contributed by atoms with van der Waals surface area (Å²) in [5, 5.41) is 11.5. The zero-order valence-electron chi connectivity index (χ0n) is 15.0. The summed E-state index contributed by atoms with van der Waals surface area (Å²) in [4.78, 5) is 17.1. The van der Waals surface area contributed by atoms with Crippen molar-refractivity contribution in [2.24, 2.45) is 0 Å². The maximum absolute atomic E-state index is 12.5. The minimum Gasteiger partial charge on any atom is -0.339 e. The molecule has 0 aliphatic carbocycles. The smallest absolute Gasteiger partial charge is 0.227 e. The van der Waals surface area contributed by atoms with Gasteiger partial charge in [-0.15, -0.1) is 16.8 Å². The van der Waals surface area contributed by atoms with Crippen LogP contribution in [0.15, 0.2) is 75.3 Å². The minimum absolute atomic E-state index is 0.0652. The van der Waals surface area contributed by atoms with Gasteiger partial charge >= 0.3 is 0 Å². The van der Waals surface area contributed by atoms with E-state index < -0.39 is 0 Å². The van der Waals surface area contributed by atoms with E-state index in [9.17, 15) is 4.79 Å². The summed E-state index contributed by atoms with van der Waals surface area (Å²) < 4.78 is 0.825. The zero-order valence-corrected chi connectivity index (χ0v) is 17.4. The summed E-state index contributed by atoms with van der Waals surface area (Å²) in [5.74, 6) is 0.707. The number of anilines is 3. The highest BCUT2D eigenvalue weighted by molar-refractivity contribution is 8.01. The summed E-state index contributed by atoms with van der Waals surface area (Å²) in [6.07, 6.45) is 2.18. The fourth-order valence-electron chi connectivity index (χ4n) is 2.87. The van der Waals surface area contributed by atoms with Crippen LogP contribution in [0, 0.1) is 0 Å². The number of hydrogen-bond donors (Lipinski definition) is 1. The molecule has 0 fully saturated rings. The molecule has 3 aromatic rings. The number of nitrogens with one attached hydrogen (secondary N) is 1. The first kappa shape index (κ1) is 19.0. The molecule has 0 spiro atoms. The van der Waals surface area contributed by atoms with Crippen molar-refractivity contribution in [1.29, 1.82) is 0 Å². The van der Waals surface area contributed by atoms with E-state index in [1.807, 2.05) is 30.3 Å². The van der Waals surface area contributed by atoms with Crippen LogP contribution >= 0.6 is 34.9 Å². The number of rotatable bonds is 7. The SMILES string of the molecule is C=CCSc1nnc(NC(=O)CCN2c3ccccc3Sc3ccccc32)s1. The van der Waals surface area contributed by atoms with E-state index in [1.54, 1.807) is 23.5 Å². The minimum atomic E-state index is -0.0652. The van der Waals surface area contributed by atoms with Crippen LogP contribution in [0.5, 0.6) is 0 Å². The molecule has 142 valence electrons. The van der Waals surface area contributed by atoms with Crippen molar-refractivity contribution >= 4 is 57.3 Å². The van der Waals surface area contributed by atoms with E-state index in [2.05, 4.69) is 51.3 Å². The van der Waals surface area contributed by atoms with Crippen molar-refractivity contribution in [2.45, 2.75) is 20.6 Å². The van der Waals surface area contributed by atoms with Gasteiger partial charge in [-0.1, -0.05) is 65.2 Å². The highest BCUT2D eigenvalue weighted by atomic mass is 32.2. The van der Waals surface area contributed by atoms with Gasteiger partial charge in [-0.3, -0.25) is 4.79 Å². The lowest BCUT2D eigenvalue weighted by molar-refractivity contribution is -0.116. The molecular weight excluding hydrogens is 408 g/mol. The molecule has 2 heterocycles. The van der Waals surface area contributed by atoms with Crippen molar-refractivity contribution in [3.05, 3.63) is 61.2 Å². The molecule has 1 aliphatic heterocycles. The van der Waals surface area contributed by atoms with Crippen molar-refractivity contribution < 1.29 is 4.79 Å². The molecule has 2 aromatic carbocycles. The number of carbonyl (C=O) groups is 1. The first-order valence-electron chi connectivity index (χ1n) is 8.75. The summed E-state index contributed by atoms with van der Waals surface area (Å²) in [5.41, 5.74) is 2.27. The molecule has 0 atom stereocenters. The second-order valence-electron chi connectivity index (χ2n) is 5.96. The highest BCUT2D eigenvalue weighted by Crippen LogP contribution is 2.47. The molecule has 0 saturated carbocycles. The first-order chi connectivity index (χ1) is 13.7. The molecule has 1 amide bonds. The van der Waals surface area contributed by atoms with E-state index in [4.69, 9.17) is 0 Å². The number of para-hydroxylation sites is 2. The van der Waals surface area contributed by atoms with Crippen LogP contribution in [-0.2, 0) is 4.79 Å². The zero-order chi connectivity index (χ0) is 19.3. The molecule has 0 unspecified atom stereocenters. The van der Waals surface area contributed by atoms with Gasteiger partial charge in [-0.2, -0.15) is 0 Å². The van der Waals surface area contributed by atoms with Crippen molar-refractivity contribution in [2.75, 3.05) is 22.5 Å². The third-order valence-corrected chi connectivity index (χ3v) is 7.17. The lowest BCUT2D eigenvalue weighted by atomic mass is 10.2. The van der Waals surface area contributed by atoms with Crippen LogP contribution in [0.25, 0.3) is 0 Å². The first-order valence-corrected chi connectivity index (χ1v) is 11.4. The van der Waals surface area contributed by atoms with E-state index in [0.717, 1.165) is 21.5 Å². The maximum atomic E-state index is 12.5. The lowest BCUT2D eigenvalue weighted by Crippen LogP contribution is -2.25. The average Bonchev–Trinajstić information content (AvgIpc) is 3.16. The quantitative estimate of drug-likeness (QED) is 0.308. The molecule has 4 rings (SSSR count). The Morgan fingerprint density at radius 2 is 1.79 bits per heavy atom. The van der Waals surface area contributed by atoms with Crippen molar-refractivity contribution in [3.8, 4) is 0 Å². The normalized spacial score (nSPS) is 12.2. The number of aromatic nitrogens is 2. The molecule has 1 aliphatic rings. The number of carbonyl (C=O) groups excluding carboxylic acids is 1. The third-order valence-electron chi connectivity index (χ3n) is 4.07.